The highest BCUT2D eigenvalue weighted by atomic mass is 32.1. The summed E-state index contributed by atoms with van der Waals surface area (Å²) in [5, 5.41) is 10.9. The Kier molecular flexibility index (Phi) is 3.62. The number of aromatic carboxylic acids is 1. The van der Waals surface area contributed by atoms with E-state index in [1.165, 1.54) is 18.2 Å². The zero-order valence-corrected chi connectivity index (χ0v) is 10.6. The molecule has 0 aliphatic carbocycles. The van der Waals surface area contributed by atoms with Gasteiger partial charge in [-0.2, -0.15) is 0 Å². The fraction of sp³-hybridized carbons (Fsp3) is 0.154. The summed E-state index contributed by atoms with van der Waals surface area (Å²) in [6, 6.07) is 7.69. The Labute approximate surface area is 108 Å². The normalized spacial score (nSPS) is 10.3. The third kappa shape index (κ3) is 2.68. The van der Waals surface area contributed by atoms with Crippen molar-refractivity contribution in [2.24, 2.45) is 0 Å². The zero-order valence-electron chi connectivity index (χ0n) is 9.76. The SMILES string of the molecule is CN(Cc1cccs1)c1cc(C(=O)O)ccc1F. The highest BCUT2D eigenvalue weighted by Crippen LogP contribution is 2.22. The lowest BCUT2D eigenvalue weighted by atomic mass is 10.2. The average Bonchev–Trinajstić information content (AvgIpc) is 2.81. The third-order valence-corrected chi connectivity index (χ3v) is 3.44. The molecule has 0 radical (unpaired) electrons. The molecule has 1 aromatic carbocycles. The maximum Gasteiger partial charge on any atom is 0.335 e. The van der Waals surface area contributed by atoms with Crippen molar-refractivity contribution in [1.82, 2.24) is 0 Å². The number of carbonyl (C=O) groups is 1. The molecule has 1 heterocycles. The number of carboxylic acids is 1. The number of halogens is 1. The Morgan fingerprint density at radius 3 is 2.83 bits per heavy atom. The summed E-state index contributed by atoms with van der Waals surface area (Å²) in [6.45, 7) is 0.553. The van der Waals surface area contributed by atoms with Crippen LogP contribution in [-0.4, -0.2) is 18.1 Å². The highest BCUT2D eigenvalue weighted by Gasteiger charge is 2.12. The van der Waals surface area contributed by atoms with Gasteiger partial charge >= 0.3 is 5.97 Å². The van der Waals surface area contributed by atoms with Crippen molar-refractivity contribution in [3.8, 4) is 0 Å². The van der Waals surface area contributed by atoms with Gasteiger partial charge in [0.2, 0.25) is 0 Å². The lowest BCUT2D eigenvalue weighted by Gasteiger charge is -2.19. The minimum Gasteiger partial charge on any atom is -0.478 e. The number of benzene rings is 1. The number of carboxylic acid groups (broad SMARTS) is 1. The van der Waals surface area contributed by atoms with Gasteiger partial charge in [-0.25, -0.2) is 9.18 Å². The molecule has 0 bridgehead atoms. The van der Waals surface area contributed by atoms with Crippen LogP contribution < -0.4 is 4.90 Å². The van der Waals surface area contributed by atoms with Crippen LogP contribution in [0.5, 0.6) is 0 Å². The zero-order chi connectivity index (χ0) is 13.1. The standard InChI is InChI=1S/C13H12FNO2S/c1-15(8-10-3-2-6-18-10)12-7-9(13(16)17)4-5-11(12)14/h2-7H,8H2,1H3,(H,16,17). The Balaban J connectivity index is 2.26. The van der Waals surface area contributed by atoms with Gasteiger partial charge in [-0.1, -0.05) is 6.07 Å². The van der Waals surface area contributed by atoms with E-state index >= 15 is 0 Å². The summed E-state index contributed by atoms with van der Waals surface area (Å²) in [7, 11) is 1.74. The van der Waals surface area contributed by atoms with Gasteiger partial charge in [0.25, 0.3) is 0 Å². The second-order valence-corrected chi connectivity index (χ2v) is 4.94. The predicted octanol–water partition coefficient (Wildman–Crippen LogP) is 3.22. The smallest absolute Gasteiger partial charge is 0.335 e. The molecule has 94 valence electrons. The first-order chi connectivity index (χ1) is 8.58. The monoisotopic (exact) mass is 265 g/mol. The molecule has 0 amide bonds. The molecule has 0 aliphatic rings. The van der Waals surface area contributed by atoms with Gasteiger partial charge in [0, 0.05) is 11.9 Å². The quantitative estimate of drug-likeness (QED) is 0.922. The Hall–Kier alpha value is -1.88. The Bertz CT molecular complexity index is 554. The minimum atomic E-state index is -1.05. The van der Waals surface area contributed by atoms with Gasteiger partial charge < -0.3 is 10.0 Å². The number of rotatable bonds is 4. The van der Waals surface area contributed by atoms with Crippen molar-refractivity contribution in [1.29, 1.82) is 0 Å². The summed E-state index contributed by atoms with van der Waals surface area (Å²) in [5.41, 5.74) is 0.382. The van der Waals surface area contributed by atoms with Crippen LogP contribution in [0, 0.1) is 5.82 Å². The molecule has 5 heteroatoms. The lowest BCUT2D eigenvalue weighted by molar-refractivity contribution is 0.0697. The minimum absolute atomic E-state index is 0.0874. The summed E-state index contributed by atoms with van der Waals surface area (Å²) >= 11 is 1.58. The van der Waals surface area contributed by atoms with Crippen molar-refractivity contribution in [2.45, 2.75) is 6.54 Å². The molecule has 3 nitrogen and oxygen atoms in total. The highest BCUT2D eigenvalue weighted by molar-refractivity contribution is 7.09. The van der Waals surface area contributed by atoms with E-state index in [1.807, 2.05) is 17.5 Å². The van der Waals surface area contributed by atoms with Gasteiger partial charge in [0.15, 0.2) is 0 Å². The average molecular weight is 265 g/mol. The topological polar surface area (TPSA) is 40.5 Å². The first-order valence-corrected chi connectivity index (χ1v) is 6.22. The van der Waals surface area contributed by atoms with Gasteiger partial charge in [-0.05, 0) is 29.6 Å². The predicted molar refractivity (Wildman–Crippen MR) is 69.8 cm³/mol. The Morgan fingerprint density at radius 1 is 1.44 bits per heavy atom. The van der Waals surface area contributed by atoms with E-state index in [1.54, 1.807) is 23.3 Å². The second-order valence-electron chi connectivity index (χ2n) is 3.91. The lowest BCUT2D eigenvalue weighted by Crippen LogP contribution is -2.17. The molecule has 0 unspecified atom stereocenters. The summed E-state index contributed by atoms with van der Waals surface area (Å²) in [6.07, 6.45) is 0. The molecule has 1 aromatic heterocycles. The maximum atomic E-state index is 13.7. The molecule has 0 spiro atoms. The van der Waals surface area contributed by atoms with Gasteiger partial charge in [0.05, 0.1) is 17.8 Å². The van der Waals surface area contributed by atoms with Gasteiger partial charge in [0.1, 0.15) is 5.82 Å². The molecule has 1 N–H and O–H groups in total. The van der Waals surface area contributed by atoms with Crippen LogP contribution in [0.4, 0.5) is 10.1 Å². The van der Waals surface area contributed by atoms with Crippen LogP contribution in [0.3, 0.4) is 0 Å². The van der Waals surface area contributed by atoms with E-state index in [2.05, 4.69) is 0 Å². The van der Waals surface area contributed by atoms with Crippen molar-refractivity contribution < 1.29 is 14.3 Å². The molecule has 2 rings (SSSR count). The van der Waals surface area contributed by atoms with Crippen LogP contribution in [0.25, 0.3) is 0 Å². The number of thiophene rings is 1. The number of nitrogens with zero attached hydrogens (tertiary/aromatic N) is 1. The molecule has 0 aliphatic heterocycles. The third-order valence-electron chi connectivity index (χ3n) is 2.58. The fourth-order valence-corrected chi connectivity index (χ4v) is 2.42. The van der Waals surface area contributed by atoms with Crippen molar-refractivity contribution in [2.75, 3.05) is 11.9 Å². The summed E-state index contributed by atoms with van der Waals surface area (Å²) in [5.74, 6) is -1.47. The van der Waals surface area contributed by atoms with Crippen LogP contribution in [0.15, 0.2) is 35.7 Å². The molecule has 18 heavy (non-hydrogen) atoms. The molecule has 0 saturated carbocycles. The Morgan fingerprint density at radius 2 is 2.22 bits per heavy atom. The van der Waals surface area contributed by atoms with E-state index in [0.717, 1.165) is 4.88 Å². The molecular formula is C13H12FNO2S. The molecule has 0 atom stereocenters. The van der Waals surface area contributed by atoms with Crippen molar-refractivity contribution in [3.05, 3.63) is 52.0 Å². The van der Waals surface area contributed by atoms with E-state index in [0.29, 0.717) is 12.2 Å². The maximum absolute atomic E-state index is 13.7. The number of hydrogen-bond donors (Lipinski definition) is 1. The number of hydrogen-bond acceptors (Lipinski definition) is 3. The first kappa shape index (κ1) is 12.6. The van der Waals surface area contributed by atoms with E-state index in [9.17, 15) is 9.18 Å². The second kappa shape index (κ2) is 5.18. The van der Waals surface area contributed by atoms with Gasteiger partial charge in [-0.3, -0.25) is 0 Å². The molecule has 2 aromatic rings. The summed E-state index contributed by atoms with van der Waals surface area (Å²) in [4.78, 5) is 13.7. The molecule has 0 saturated heterocycles. The van der Waals surface area contributed by atoms with Crippen molar-refractivity contribution in [3.63, 3.8) is 0 Å². The fourth-order valence-electron chi connectivity index (χ4n) is 1.66. The van der Waals surface area contributed by atoms with Crippen LogP contribution in [0.2, 0.25) is 0 Å². The molecular weight excluding hydrogens is 253 g/mol. The van der Waals surface area contributed by atoms with E-state index in [4.69, 9.17) is 5.11 Å². The largest absolute Gasteiger partial charge is 0.478 e. The van der Waals surface area contributed by atoms with Crippen LogP contribution in [-0.2, 0) is 6.54 Å². The van der Waals surface area contributed by atoms with Crippen LogP contribution >= 0.6 is 11.3 Å². The van der Waals surface area contributed by atoms with Crippen LogP contribution in [0.1, 0.15) is 15.2 Å². The summed E-state index contributed by atoms with van der Waals surface area (Å²) < 4.78 is 13.7. The number of anilines is 1. The van der Waals surface area contributed by atoms with Gasteiger partial charge in [-0.15, -0.1) is 11.3 Å². The van der Waals surface area contributed by atoms with Crippen molar-refractivity contribution >= 4 is 23.0 Å². The van der Waals surface area contributed by atoms with E-state index < -0.39 is 11.8 Å². The van der Waals surface area contributed by atoms with E-state index in [-0.39, 0.29) is 5.56 Å². The first-order valence-electron chi connectivity index (χ1n) is 5.34. The molecule has 0 fully saturated rings.